The molecule has 1 unspecified atom stereocenters. The number of imidazole rings is 1. The van der Waals surface area contributed by atoms with Crippen LogP contribution in [0.1, 0.15) is 28.6 Å². The van der Waals surface area contributed by atoms with E-state index in [1.807, 2.05) is 25.1 Å². The monoisotopic (exact) mass is 324 g/mol. The van der Waals surface area contributed by atoms with Crippen LogP contribution in [0.2, 0.25) is 5.02 Å². The molecule has 104 valence electrons. The van der Waals surface area contributed by atoms with Crippen molar-refractivity contribution in [2.45, 2.75) is 25.8 Å². The van der Waals surface area contributed by atoms with Gasteiger partial charge in [0.05, 0.1) is 28.0 Å². The zero-order chi connectivity index (χ0) is 14.3. The van der Waals surface area contributed by atoms with Crippen molar-refractivity contribution in [3.05, 3.63) is 50.9 Å². The summed E-state index contributed by atoms with van der Waals surface area (Å²) in [4.78, 5) is 5.94. The maximum Gasteiger partial charge on any atom is 0.128 e. The smallest absolute Gasteiger partial charge is 0.128 e. The number of alkyl halides is 1. The van der Waals surface area contributed by atoms with Crippen LogP contribution in [0, 0.1) is 6.92 Å². The number of nitrogens with zero attached hydrogens (tertiary/aromatic N) is 2. The molecule has 1 atom stereocenters. The minimum Gasteiger partial charge on any atom is -0.320 e. The van der Waals surface area contributed by atoms with E-state index in [1.54, 1.807) is 11.3 Å². The maximum absolute atomic E-state index is 6.36. The molecule has 3 aromatic rings. The number of benzene rings is 1. The van der Waals surface area contributed by atoms with Crippen molar-refractivity contribution >= 4 is 45.6 Å². The molecule has 3 rings (SSSR count). The number of rotatable bonds is 3. The average molecular weight is 325 g/mol. The van der Waals surface area contributed by atoms with E-state index < -0.39 is 0 Å². The van der Waals surface area contributed by atoms with Gasteiger partial charge in [-0.15, -0.1) is 22.9 Å². The van der Waals surface area contributed by atoms with Crippen LogP contribution >= 0.6 is 34.5 Å². The van der Waals surface area contributed by atoms with Crippen LogP contribution in [0.3, 0.4) is 0 Å². The summed E-state index contributed by atoms with van der Waals surface area (Å²) in [7, 11) is 0. The first-order valence-corrected chi connectivity index (χ1v) is 8.09. The van der Waals surface area contributed by atoms with Crippen molar-refractivity contribution < 1.29 is 0 Å². The summed E-state index contributed by atoms with van der Waals surface area (Å²) in [6.07, 6.45) is 0. The summed E-state index contributed by atoms with van der Waals surface area (Å²) >= 11 is 14.4. The van der Waals surface area contributed by atoms with Crippen LogP contribution in [0.5, 0.6) is 0 Å². The Bertz CT molecular complexity index is 758. The zero-order valence-corrected chi connectivity index (χ0v) is 13.6. The Morgan fingerprint density at radius 1 is 1.35 bits per heavy atom. The van der Waals surface area contributed by atoms with Gasteiger partial charge in [-0.2, -0.15) is 0 Å². The number of thiophene rings is 1. The fourth-order valence-electron chi connectivity index (χ4n) is 2.33. The highest BCUT2D eigenvalue weighted by Crippen LogP contribution is 2.31. The molecular formula is C15H14Cl2N2S. The molecule has 0 saturated heterocycles. The Labute approximate surface area is 132 Å². The van der Waals surface area contributed by atoms with Crippen LogP contribution in [0.15, 0.2) is 29.6 Å². The molecule has 0 aliphatic rings. The van der Waals surface area contributed by atoms with E-state index in [-0.39, 0.29) is 5.38 Å². The summed E-state index contributed by atoms with van der Waals surface area (Å²) in [6, 6.07) is 7.92. The van der Waals surface area contributed by atoms with Gasteiger partial charge in [-0.1, -0.05) is 17.7 Å². The molecule has 0 amide bonds. The van der Waals surface area contributed by atoms with Crippen LogP contribution in [-0.4, -0.2) is 9.55 Å². The van der Waals surface area contributed by atoms with Gasteiger partial charge in [0.1, 0.15) is 5.82 Å². The second-order valence-electron chi connectivity index (χ2n) is 4.81. The number of halogens is 2. The van der Waals surface area contributed by atoms with Crippen molar-refractivity contribution in [2.75, 3.05) is 0 Å². The number of aromatic nitrogens is 2. The van der Waals surface area contributed by atoms with Crippen LogP contribution in [0.25, 0.3) is 11.0 Å². The van der Waals surface area contributed by atoms with Gasteiger partial charge in [0.25, 0.3) is 0 Å². The molecule has 20 heavy (non-hydrogen) atoms. The van der Waals surface area contributed by atoms with Crippen molar-refractivity contribution in [3.8, 4) is 0 Å². The number of aryl methyl sites for hydroxylation is 1. The topological polar surface area (TPSA) is 17.8 Å². The number of fused-ring (bicyclic) bond motifs is 1. The first kappa shape index (κ1) is 13.9. The Balaban J connectivity index is 2.21. The highest BCUT2D eigenvalue weighted by molar-refractivity contribution is 7.10. The predicted molar refractivity (Wildman–Crippen MR) is 87.2 cm³/mol. The fraction of sp³-hybridized carbons (Fsp3) is 0.267. The Morgan fingerprint density at radius 3 is 2.80 bits per heavy atom. The van der Waals surface area contributed by atoms with E-state index in [1.165, 1.54) is 10.4 Å². The molecule has 0 aliphatic carbocycles. The normalized spacial score (nSPS) is 13.0. The van der Waals surface area contributed by atoms with Gasteiger partial charge in [-0.25, -0.2) is 4.98 Å². The van der Waals surface area contributed by atoms with E-state index >= 15 is 0 Å². The standard InChI is InChI=1S/C15H14Cl2N2S/c1-9-6-7-20-13(9)8-19-14-11(17)4-3-5-12(14)18-15(19)10(2)16/h3-7,10H,8H2,1-2H3. The minimum atomic E-state index is -0.154. The lowest BCUT2D eigenvalue weighted by Gasteiger charge is -2.11. The highest BCUT2D eigenvalue weighted by Gasteiger charge is 2.17. The van der Waals surface area contributed by atoms with Gasteiger partial charge in [-0.3, -0.25) is 0 Å². The van der Waals surface area contributed by atoms with Crippen LogP contribution < -0.4 is 0 Å². The molecule has 0 spiro atoms. The molecule has 0 radical (unpaired) electrons. The van der Waals surface area contributed by atoms with Gasteiger partial charge in [-0.05, 0) is 43.0 Å². The quantitative estimate of drug-likeness (QED) is 0.589. The molecule has 2 nitrogen and oxygen atoms in total. The Hall–Kier alpha value is -1.03. The average Bonchev–Trinajstić information content (AvgIpc) is 2.96. The lowest BCUT2D eigenvalue weighted by atomic mass is 10.2. The van der Waals surface area contributed by atoms with E-state index in [0.29, 0.717) is 5.02 Å². The maximum atomic E-state index is 6.36. The van der Waals surface area contributed by atoms with Gasteiger partial charge < -0.3 is 4.57 Å². The molecule has 2 aromatic heterocycles. The largest absolute Gasteiger partial charge is 0.320 e. The second-order valence-corrected chi connectivity index (χ2v) is 6.87. The van der Waals surface area contributed by atoms with Crippen molar-refractivity contribution in [1.82, 2.24) is 9.55 Å². The van der Waals surface area contributed by atoms with Crippen molar-refractivity contribution in [3.63, 3.8) is 0 Å². The first-order chi connectivity index (χ1) is 9.58. The number of hydrogen-bond donors (Lipinski definition) is 0. The third kappa shape index (κ3) is 2.34. The van der Waals surface area contributed by atoms with Crippen molar-refractivity contribution in [2.24, 2.45) is 0 Å². The predicted octanol–water partition coefficient (Wildman–Crippen LogP) is 5.41. The fourth-order valence-corrected chi connectivity index (χ4v) is 3.67. The highest BCUT2D eigenvalue weighted by atomic mass is 35.5. The summed E-state index contributed by atoms with van der Waals surface area (Å²) in [5.74, 6) is 0.863. The molecule has 0 N–H and O–H groups in total. The Kier molecular flexibility index (Phi) is 3.76. The van der Waals surface area contributed by atoms with Crippen LogP contribution in [-0.2, 0) is 6.54 Å². The van der Waals surface area contributed by atoms with Gasteiger partial charge in [0, 0.05) is 4.88 Å². The molecule has 2 heterocycles. The lowest BCUT2D eigenvalue weighted by molar-refractivity contribution is 0.748. The van der Waals surface area contributed by atoms with E-state index in [0.717, 1.165) is 23.4 Å². The minimum absolute atomic E-state index is 0.154. The van der Waals surface area contributed by atoms with E-state index in [2.05, 4.69) is 27.9 Å². The van der Waals surface area contributed by atoms with Crippen molar-refractivity contribution in [1.29, 1.82) is 0 Å². The van der Waals surface area contributed by atoms with Gasteiger partial charge in [0.2, 0.25) is 0 Å². The van der Waals surface area contributed by atoms with Gasteiger partial charge in [0.15, 0.2) is 0 Å². The lowest BCUT2D eigenvalue weighted by Crippen LogP contribution is -2.05. The molecular weight excluding hydrogens is 311 g/mol. The second kappa shape index (κ2) is 5.40. The molecule has 5 heteroatoms. The summed E-state index contributed by atoms with van der Waals surface area (Å²) < 4.78 is 2.13. The van der Waals surface area contributed by atoms with Gasteiger partial charge >= 0.3 is 0 Å². The first-order valence-electron chi connectivity index (χ1n) is 6.39. The SMILES string of the molecule is Cc1ccsc1Cn1c(C(C)Cl)nc2cccc(Cl)c21. The molecule has 0 aliphatic heterocycles. The molecule has 0 bridgehead atoms. The third-order valence-electron chi connectivity index (χ3n) is 3.37. The summed E-state index contributed by atoms with van der Waals surface area (Å²) in [6.45, 7) is 4.82. The molecule has 1 aromatic carbocycles. The zero-order valence-electron chi connectivity index (χ0n) is 11.2. The number of hydrogen-bond acceptors (Lipinski definition) is 2. The number of para-hydroxylation sites is 1. The van der Waals surface area contributed by atoms with E-state index in [4.69, 9.17) is 23.2 Å². The molecule has 0 fully saturated rings. The third-order valence-corrected chi connectivity index (χ3v) is 4.88. The summed E-state index contributed by atoms with van der Waals surface area (Å²) in [5, 5.41) is 2.67. The van der Waals surface area contributed by atoms with Crippen LogP contribution in [0.4, 0.5) is 0 Å². The molecule has 0 saturated carbocycles. The summed E-state index contributed by atoms with van der Waals surface area (Å²) in [5.41, 5.74) is 3.15. The van der Waals surface area contributed by atoms with E-state index in [9.17, 15) is 0 Å². The Morgan fingerprint density at radius 2 is 2.15 bits per heavy atom.